The normalized spacial score (nSPS) is 22.5. The Morgan fingerprint density at radius 2 is 1.88 bits per heavy atom. The summed E-state index contributed by atoms with van der Waals surface area (Å²) in [6.45, 7) is 0.413. The molecular formula is C26H28ClN3O4. The van der Waals surface area contributed by atoms with Crippen LogP contribution >= 0.6 is 11.6 Å². The first kappa shape index (κ1) is 22.7. The predicted octanol–water partition coefficient (Wildman–Crippen LogP) is 4.25. The number of hydrogen-bond donors (Lipinski definition) is 2. The Morgan fingerprint density at radius 1 is 1.09 bits per heavy atom. The van der Waals surface area contributed by atoms with Gasteiger partial charge in [-0.2, -0.15) is 0 Å². The summed E-state index contributed by atoms with van der Waals surface area (Å²) in [6.07, 6.45) is 5.10. The molecule has 2 unspecified atom stereocenters. The molecule has 1 aliphatic carbocycles. The van der Waals surface area contributed by atoms with E-state index in [4.69, 9.17) is 16.3 Å². The van der Waals surface area contributed by atoms with Crippen LogP contribution in [0.25, 0.3) is 11.1 Å². The van der Waals surface area contributed by atoms with Gasteiger partial charge in [-0.1, -0.05) is 30.5 Å². The fraction of sp³-hybridized carbons (Fsp3) is 0.423. The van der Waals surface area contributed by atoms with E-state index in [9.17, 15) is 14.4 Å². The van der Waals surface area contributed by atoms with Crippen LogP contribution in [0.5, 0.6) is 5.75 Å². The Kier molecular flexibility index (Phi) is 6.21. The molecule has 1 saturated heterocycles. The average molecular weight is 482 g/mol. The molecule has 5 rings (SSSR count). The summed E-state index contributed by atoms with van der Waals surface area (Å²) in [6, 6.07) is 9.97. The summed E-state index contributed by atoms with van der Waals surface area (Å²) in [5.41, 5.74) is 2.47. The number of halogens is 1. The second-order valence-electron chi connectivity index (χ2n) is 9.32. The van der Waals surface area contributed by atoms with Crippen molar-refractivity contribution in [3.05, 3.63) is 47.0 Å². The van der Waals surface area contributed by atoms with Crippen molar-refractivity contribution in [2.45, 2.75) is 50.6 Å². The van der Waals surface area contributed by atoms with Crippen LogP contribution in [0.2, 0.25) is 5.02 Å². The molecule has 0 aromatic heterocycles. The molecule has 0 bridgehead atoms. The third-order valence-corrected chi connectivity index (χ3v) is 7.45. The van der Waals surface area contributed by atoms with Crippen LogP contribution < -0.4 is 15.4 Å². The van der Waals surface area contributed by atoms with Gasteiger partial charge in [-0.15, -0.1) is 0 Å². The molecule has 2 aromatic rings. The Bertz CT molecular complexity index is 1140. The molecule has 2 heterocycles. The summed E-state index contributed by atoms with van der Waals surface area (Å²) in [4.78, 5) is 40.9. The van der Waals surface area contributed by atoms with Crippen LogP contribution in [0.1, 0.15) is 48.9 Å². The van der Waals surface area contributed by atoms with Gasteiger partial charge < -0.3 is 20.3 Å². The van der Waals surface area contributed by atoms with Crippen molar-refractivity contribution in [1.29, 1.82) is 0 Å². The third kappa shape index (κ3) is 4.25. The lowest BCUT2D eigenvalue weighted by Crippen LogP contribution is -2.55. The van der Waals surface area contributed by atoms with Gasteiger partial charge in [0.1, 0.15) is 11.8 Å². The SMILES string of the molecule is COc1ccc(Cl)cc1-c1ccc2c(c1)C(=O)N1CCC(NC(=O)C3CCCC3)CC1C(=O)N2. The lowest BCUT2D eigenvalue weighted by atomic mass is 9.95. The summed E-state index contributed by atoms with van der Waals surface area (Å²) < 4.78 is 5.48. The first-order chi connectivity index (χ1) is 16.4. The lowest BCUT2D eigenvalue weighted by Gasteiger charge is -2.37. The van der Waals surface area contributed by atoms with Crippen molar-refractivity contribution in [2.75, 3.05) is 19.0 Å². The van der Waals surface area contributed by atoms with E-state index in [0.29, 0.717) is 41.4 Å². The second-order valence-corrected chi connectivity index (χ2v) is 9.76. The molecule has 178 valence electrons. The van der Waals surface area contributed by atoms with Gasteiger partial charge in [-0.3, -0.25) is 14.4 Å². The van der Waals surface area contributed by atoms with E-state index in [0.717, 1.165) is 36.8 Å². The van der Waals surface area contributed by atoms with Gasteiger partial charge in [-0.05, 0) is 61.6 Å². The molecule has 2 atom stereocenters. The summed E-state index contributed by atoms with van der Waals surface area (Å²) in [7, 11) is 1.59. The number of methoxy groups -OCH3 is 1. The predicted molar refractivity (Wildman–Crippen MR) is 130 cm³/mol. The molecule has 8 heteroatoms. The molecule has 2 fully saturated rings. The number of amides is 3. The number of carbonyl (C=O) groups is 3. The molecule has 2 aliphatic heterocycles. The van der Waals surface area contributed by atoms with Crippen LogP contribution in [-0.2, 0) is 9.59 Å². The average Bonchev–Trinajstić information content (AvgIpc) is 3.36. The maximum absolute atomic E-state index is 13.5. The van der Waals surface area contributed by atoms with E-state index in [1.807, 2.05) is 6.07 Å². The number of nitrogens with zero attached hydrogens (tertiary/aromatic N) is 1. The van der Waals surface area contributed by atoms with Crippen LogP contribution in [-0.4, -0.2) is 48.4 Å². The molecule has 7 nitrogen and oxygen atoms in total. The van der Waals surface area contributed by atoms with Gasteiger partial charge in [0.25, 0.3) is 5.91 Å². The fourth-order valence-electron chi connectivity index (χ4n) is 5.37. The Morgan fingerprint density at radius 3 is 2.65 bits per heavy atom. The fourth-order valence-corrected chi connectivity index (χ4v) is 5.54. The Labute approximate surface area is 203 Å². The zero-order valence-corrected chi connectivity index (χ0v) is 19.9. The molecule has 0 radical (unpaired) electrons. The van der Waals surface area contributed by atoms with Crippen molar-refractivity contribution in [3.63, 3.8) is 0 Å². The number of carbonyl (C=O) groups excluding carboxylic acids is 3. The van der Waals surface area contributed by atoms with Crippen molar-refractivity contribution in [3.8, 4) is 16.9 Å². The zero-order valence-electron chi connectivity index (χ0n) is 19.1. The number of piperidine rings is 1. The second kappa shape index (κ2) is 9.29. The molecule has 2 N–H and O–H groups in total. The summed E-state index contributed by atoms with van der Waals surface area (Å²) in [5.74, 6) is 0.390. The van der Waals surface area contributed by atoms with Gasteiger partial charge >= 0.3 is 0 Å². The minimum atomic E-state index is -0.619. The van der Waals surface area contributed by atoms with Gasteiger partial charge in [0, 0.05) is 29.1 Å². The molecule has 0 spiro atoms. The largest absolute Gasteiger partial charge is 0.496 e. The van der Waals surface area contributed by atoms with Crippen LogP contribution in [0.15, 0.2) is 36.4 Å². The quantitative estimate of drug-likeness (QED) is 0.683. The number of ether oxygens (including phenoxy) is 1. The Hall–Kier alpha value is -3.06. The van der Waals surface area contributed by atoms with E-state index < -0.39 is 6.04 Å². The lowest BCUT2D eigenvalue weighted by molar-refractivity contribution is -0.127. The standard InChI is InChI=1S/C26H28ClN3O4/c1-34-23-9-7-17(27)13-19(23)16-6-8-21-20(12-16)26(33)30-11-10-18(14-22(30)25(32)29-21)28-24(31)15-4-2-3-5-15/h6-9,12-13,15,18,22H,2-5,10-11,14H2,1H3,(H,28,31)(H,29,32). The number of nitrogens with one attached hydrogen (secondary N) is 2. The van der Waals surface area contributed by atoms with Crippen LogP contribution in [0, 0.1) is 5.92 Å². The van der Waals surface area contributed by atoms with Gasteiger partial charge in [0.15, 0.2) is 0 Å². The highest BCUT2D eigenvalue weighted by molar-refractivity contribution is 6.31. The minimum absolute atomic E-state index is 0.0776. The maximum atomic E-state index is 13.5. The number of anilines is 1. The van der Waals surface area contributed by atoms with Gasteiger partial charge in [0.05, 0.1) is 18.4 Å². The van der Waals surface area contributed by atoms with Gasteiger partial charge in [0.2, 0.25) is 11.8 Å². The van der Waals surface area contributed by atoms with Crippen molar-refractivity contribution < 1.29 is 19.1 Å². The molecule has 34 heavy (non-hydrogen) atoms. The maximum Gasteiger partial charge on any atom is 0.256 e. The van der Waals surface area contributed by atoms with Crippen molar-refractivity contribution in [1.82, 2.24) is 10.2 Å². The molecule has 3 aliphatic rings. The first-order valence-corrected chi connectivity index (χ1v) is 12.2. The topological polar surface area (TPSA) is 87.7 Å². The van der Waals surface area contributed by atoms with Crippen molar-refractivity contribution in [2.24, 2.45) is 5.92 Å². The van der Waals surface area contributed by atoms with Gasteiger partial charge in [-0.25, -0.2) is 0 Å². The minimum Gasteiger partial charge on any atom is -0.496 e. The third-order valence-electron chi connectivity index (χ3n) is 7.22. The molecular weight excluding hydrogens is 454 g/mol. The van der Waals surface area contributed by atoms with Crippen molar-refractivity contribution >= 4 is 35.0 Å². The first-order valence-electron chi connectivity index (χ1n) is 11.8. The number of hydrogen-bond acceptors (Lipinski definition) is 4. The zero-order chi connectivity index (χ0) is 23.8. The Balaban J connectivity index is 1.39. The van der Waals surface area contributed by atoms with E-state index in [1.165, 1.54) is 0 Å². The van der Waals surface area contributed by atoms with E-state index in [-0.39, 0.29) is 29.7 Å². The smallest absolute Gasteiger partial charge is 0.256 e. The molecule has 2 aromatic carbocycles. The molecule has 3 amide bonds. The van der Waals surface area contributed by atoms with E-state index in [2.05, 4.69) is 10.6 Å². The number of fused-ring (bicyclic) bond motifs is 2. The van der Waals surface area contributed by atoms with Crippen LogP contribution in [0.4, 0.5) is 5.69 Å². The summed E-state index contributed by atoms with van der Waals surface area (Å²) >= 11 is 6.21. The van der Waals surface area contributed by atoms with Crippen LogP contribution in [0.3, 0.4) is 0 Å². The number of rotatable bonds is 4. The van der Waals surface area contributed by atoms with E-state index >= 15 is 0 Å². The highest BCUT2D eigenvalue weighted by Crippen LogP contribution is 2.36. The monoisotopic (exact) mass is 481 g/mol. The highest BCUT2D eigenvalue weighted by Gasteiger charge is 2.40. The highest BCUT2D eigenvalue weighted by atomic mass is 35.5. The summed E-state index contributed by atoms with van der Waals surface area (Å²) in [5, 5.41) is 6.63. The number of benzene rings is 2. The van der Waals surface area contributed by atoms with E-state index in [1.54, 1.807) is 42.3 Å². The molecule has 1 saturated carbocycles.